The van der Waals surface area contributed by atoms with Gasteiger partial charge in [0, 0.05) is 0 Å². The molecule has 1 fully saturated rings. The second kappa shape index (κ2) is 5.45. The van der Waals surface area contributed by atoms with Crippen molar-refractivity contribution in [2.24, 2.45) is 5.92 Å². The molecule has 0 bridgehead atoms. The summed E-state index contributed by atoms with van der Waals surface area (Å²) in [5.41, 5.74) is 0.623. The van der Waals surface area contributed by atoms with Crippen LogP contribution in [0.5, 0.6) is 5.75 Å². The lowest BCUT2D eigenvalue weighted by molar-refractivity contribution is 0.147. The molecule has 2 N–H and O–H groups in total. The fourth-order valence-corrected chi connectivity index (χ4v) is 2.34. The second-order valence-corrected chi connectivity index (χ2v) is 4.61. The molecule has 1 aromatic carbocycles. The van der Waals surface area contributed by atoms with Crippen LogP contribution in [-0.4, -0.2) is 18.2 Å². The first-order chi connectivity index (χ1) is 8.16. The summed E-state index contributed by atoms with van der Waals surface area (Å²) in [5, 5.41) is 12.6. The highest BCUT2D eigenvalue weighted by molar-refractivity contribution is 5.37. The predicted octanol–water partition coefficient (Wildman–Crippen LogP) is 2.87. The first-order valence-corrected chi connectivity index (χ1v) is 5.97. The topological polar surface area (TPSA) is 32.3 Å². The number of nitrogens with one attached hydrogen (secondary N) is 1. The molecule has 1 aromatic rings. The van der Waals surface area contributed by atoms with Crippen molar-refractivity contribution in [3.63, 3.8) is 0 Å². The van der Waals surface area contributed by atoms with E-state index in [-0.39, 0.29) is 11.3 Å². The maximum Gasteiger partial charge on any atom is 0.267 e. The average molecular weight is 241 g/mol. The van der Waals surface area contributed by atoms with Crippen LogP contribution in [0.2, 0.25) is 0 Å². The third-order valence-corrected chi connectivity index (χ3v) is 3.25. The van der Waals surface area contributed by atoms with Gasteiger partial charge in [-0.05, 0) is 56.0 Å². The molecule has 94 valence electrons. The zero-order valence-corrected chi connectivity index (χ0v) is 9.63. The van der Waals surface area contributed by atoms with E-state index in [0.717, 1.165) is 37.9 Å². The van der Waals surface area contributed by atoms with E-state index >= 15 is 0 Å². The second-order valence-electron chi connectivity index (χ2n) is 4.61. The molecule has 17 heavy (non-hydrogen) atoms. The Balaban J connectivity index is 2.07. The molecule has 0 amide bonds. The van der Waals surface area contributed by atoms with Crippen molar-refractivity contribution in [3.8, 4) is 5.75 Å². The summed E-state index contributed by atoms with van der Waals surface area (Å²) in [6, 6.07) is 4.53. The highest BCUT2D eigenvalue weighted by Crippen LogP contribution is 2.30. The van der Waals surface area contributed by atoms with E-state index in [9.17, 15) is 13.9 Å². The summed E-state index contributed by atoms with van der Waals surface area (Å²) in [6.45, 7) is 2.00. The lowest BCUT2D eigenvalue weighted by Gasteiger charge is -2.23. The van der Waals surface area contributed by atoms with Crippen molar-refractivity contribution >= 4 is 0 Å². The van der Waals surface area contributed by atoms with Crippen molar-refractivity contribution in [1.82, 2.24) is 5.32 Å². The lowest BCUT2D eigenvalue weighted by atomic mass is 9.91. The van der Waals surface area contributed by atoms with Gasteiger partial charge in [0.25, 0.3) is 6.43 Å². The average Bonchev–Trinajstić information content (AvgIpc) is 2.32. The minimum atomic E-state index is -2.61. The third kappa shape index (κ3) is 3.16. The summed E-state index contributed by atoms with van der Waals surface area (Å²) < 4.78 is 25.2. The molecule has 1 saturated heterocycles. The van der Waals surface area contributed by atoms with Gasteiger partial charge in [-0.3, -0.25) is 0 Å². The quantitative estimate of drug-likeness (QED) is 0.852. The van der Waals surface area contributed by atoms with Crippen LogP contribution in [0.25, 0.3) is 0 Å². The van der Waals surface area contributed by atoms with E-state index < -0.39 is 6.43 Å². The third-order valence-electron chi connectivity index (χ3n) is 3.25. The first-order valence-electron chi connectivity index (χ1n) is 5.97. The number of piperidine rings is 1. The summed E-state index contributed by atoms with van der Waals surface area (Å²) >= 11 is 0. The molecule has 2 nitrogen and oxygen atoms in total. The normalized spacial score (nSPS) is 20.8. The highest BCUT2D eigenvalue weighted by Gasteiger charge is 2.17. The summed E-state index contributed by atoms with van der Waals surface area (Å²) in [4.78, 5) is 0. The van der Waals surface area contributed by atoms with Gasteiger partial charge in [-0.15, -0.1) is 0 Å². The molecule has 1 aliphatic rings. The summed E-state index contributed by atoms with van der Waals surface area (Å²) in [7, 11) is 0. The Hall–Kier alpha value is -1.16. The Morgan fingerprint density at radius 3 is 2.88 bits per heavy atom. The molecule has 2 rings (SSSR count). The maximum absolute atomic E-state index is 12.6. The fraction of sp³-hybridized carbons (Fsp3) is 0.538. The van der Waals surface area contributed by atoms with Crippen LogP contribution in [0, 0.1) is 5.92 Å². The Morgan fingerprint density at radius 1 is 1.41 bits per heavy atom. The predicted molar refractivity (Wildman–Crippen MR) is 62.4 cm³/mol. The number of hydrogen-bond donors (Lipinski definition) is 2. The lowest BCUT2D eigenvalue weighted by Crippen LogP contribution is -2.30. The van der Waals surface area contributed by atoms with Gasteiger partial charge in [0.05, 0.1) is 5.56 Å². The van der Waals surface area contributed by atoms with Crippen molar-refractivity contribution in [2.45, 2.75) is 25.7 Å². The smallest absolute Gasteiger partial charge is 0.267 e. The SMILES string of the molecule is Oc1ccc(CC2CCCNC2)cc1C(F)F. The first kappa shape index (κ1) is 12.3. The van der Waals surface area contributed by atoms with E-state index in [1.807, 2.05) is 0 Å². The fourth-order valence-electron chi connectivity index (χ4n) is 2.34. The molecule has 0 aromatic heterocycles. The van der Waals surface area contributed by atoms with E-state index in [0.29, 0.717) is 5.92 Å². The molecule has 0 aliphatic carbocycles. The number of hydrogen-bond acceptors (Lipinski definition) is 2. The molecule has 1 aliphatic heterocycles. The number of rotatable bonds is 3. The van der Waals surface area contributed by atoms with E-state index in [1.54, 1.807) is 6.07 Å². The van der Waals surface area contributed by atoms with E-state index in [4.69, 9.17) is 0 Å². The van der Waals surface area contributed by atoms with Crippen LogP contribution in [0.3, 0.4) is 0 Å². The summed E-state index contributed by atoms with van der Waals surface area (Å²) in [5.74, 6) is 0.198. The number of alkyl halides is 2. The standard InChI is InChI=1S/C13H17F2NO/c14-13(15)11-7-9(3-4-12(11)17)6-10-2-1-5-16-8-10/h3-4,7,10,13,16-17H,1-2,5-6,8H2. The van der Waals surface area contributed by atoms with Gasteiger partial charge in [0.15, 0.2) is 0 Å². The Morgan fingerprint density at radius 2 is 2.24 bits per heavy atom. The molecule has 0 saturated carbocycles. The van der Waals surface area contributed by atoms with Gasteiger partial charge in [0.2, 0.25) is 0 Å². The minimum absolute atomic E-state index is 0.258. The van der Waals surface area contributed by atoms with Gasteiger partial charge < -0.3 is 10.4 Å². The molecular formula is C13H17F2NO. The molecule has 1 unspecified atom stereocenters. The van der Waals surface area contributed by atoms with Gasteiger partial charge in [-0.2, -0.15) is 0 Å². The Kier molecular flexibility index (Phi) is 3.94. The van der Waals surface area contributed by atoms with Gasteiger partial charge in [-0.1, -0.05) is 6.07 Å². The molecule has 0 radical (unpaired) electrons. The molecular weight excluding hydrogens is 224 g/mol. The van der Waals surface area contributed by atoms with Crippen LogP contribution < -0.4 is 5.32 Å². The van der Waals surface area contributed by atoms with Crippen LogP contribution in [-0.2, 0) is 6.42 Å². The number of phenolic OH excluding ortho intramolecular Hbond substituents is 1. The largest absolute Gasteiger partial charge is 0.507 e. The number of benzene rings is 1. The zero-order valence-electron chi connectivity index (χ0n) is 9.63. The molecule has 1 heterocycles. The van der Waals surface area contributed by atoms with Crippen LogP contribution in [0.1, 0.15) is 30.4 Å². The Bertz CT molecular complexity index is 376. The van der Waals surface area contributed by atoms with E-state index in [1.165, 1.54) is 12.1 Å². The van der Waals surface area contributed by atoms with Gasteiger partial charge in [0.1, 0.15) is 5.75 Å². The maximum atomic E-state index is 12.6. The van der Waals surface area contributed by atoms with Gasteiger partial charge in [-0.25, -0.2) is 8.78 Å². The number of phenols is 1. The van der Waals surface area contributed by atoms with Crippen molar-refractivity contribution in [3.05, 3.63) is 29.3 Å². The monoisotopic (exact) mass is 241 g/mol. The summed E-state index contributed by atoms with van der Waals surface area (Å²) in [6.07, 6.45) is 0.467. The van der Waals surface area contributed by atoms with Crippen LogP contribution >= 0.6 is 0 Å². The highest BCUT2D eigenvalue weighted by atomic mass is 19.3. The zero-order chi connectivity index (χ0) is 12.3. The molecule has 4 heteroatoms. The van der Waals surface area contributed by atoms with Crippen molar-refractivity contribution in [2.75, 3.05) is 13.1 Å². The van der Waals surface area contributed by atoms with Crippen molar-refractivity contribution in [1.29, 1.82) is 0 Å². The number of halogens is 2. The van der Waals surface area contributed by atoms with E-state index in [2.05, 4.69) is 5.32 Å². The minimum Gasteiger partial charge on any atom is -0.507 e. The van der Waals surface area contributed by atoms with Crippen LogP contribution in [0.15, 0.2) is 18.2 Å². The van der Waals surface area contributed by atoms with Crippen molar-refractivity contribution < 1.29 is 13.9 Å². The van der Waals surface area contributed by atoms with Gasteiger partial charge >= 0.3 is 0 Å². The molecule has 0 spiro atoms. The number of aromatic hydroxyl groups is 1. The van der Waals surface area contributed by atoms with Crippen LogP contribution in [0.4, 0.5) is 8.78 Å². The Labute approximate surface area is 99.7 Å². The molecule has 1 atom stereocenters.